The molecule has 2 saturated carbocycles. The first-order valence-electron chi connectivity index (χ1n) is 12.9. The Hall–Kier alpha value is -3.46. The Morgan fingerprint density at radius 3 is 2.46 bits per heavy atom. The average molecular weight is 595 g/mol. The van der Waals surface area contributed by atoms with E-state index in [0.717, 1.165) is 24.8 Å². The summed E-state index contributed by atoms with van der Waals surface area (Å²) < 4.78 is 36.3. The third-order valence-corrected chi connectivity index (χ3v) is 8.81. The predicted molar refractivity (Wildman–Crippen MR) is 142 cm³/mol. The van der Waals surface area contributed by atoms with Gasteiger partial charge in [-0.1, -0.05) is 40.2 Å². The first kappa shape index (κ1) is 25.8. The van der Waals surface area contributed by atoms with Gasteiger partial charge in [0.1, 0.15) is 0 Å². The summed E-state index contributed by atoms with van der Waals surface area (Å²) >= 11 is 3.24. The molecular weight excluding hydrogens is 570 g/mol. The fourth-order valence-electron chi connectivity index (χ4n) is 6.50. The first-order chi connectivity index (χ1) is 18.7. The molecule has 2 bridgehead atoms. The predicted octanol–water partition coefficient (Wildman–Crippen LogP) is 5.67. The Morgan fingerprint density at radius 1 is 1.00 bits per heavy atom. The Bertz CT molecular complexity index is 1480. The van der Waals surface area contributed by atoms with Gasteiger partial charge in [-0.25, -0.2) is 0 Å². The zero-order chi connectivity index (χ0) is 27.3. The number of pyridine rings is 1. The van der Waals surface area contributed by atoms with Gasteiger partial charge in [0.15, 0.2) is 12.4 Å². The molecule has 2 aromatic carbocycles. The summed E-state index contributed by atoms with van der Waals surface area (Å²) in [5.74, 6) is -5.61. The minimum atomic E-state index is -3.25. The molecule has 200 valence electrons. The van der Waals surface area contributed by atoms with Gasteiger partial charge >= 0.3 is 5.97 Å². The molecule has 0 saturated heterocycles. The highest BCUT2D eigenvalue weighted by Crippen LogP contribution is 2.53. The highest BCUT2D eigenvalue weighted by molar-refractivity contribution is 9.10. The Kier molecular flexibility index (Phi) is 6.57. The van der Waals surface area contributed by atoms with Crippen LogP contribution in [0.3, 0.4) is 0 Å². The van der Waals surface area contributed by atoms with Crippen molar-refractivity contribution in [2.24, 2.45) is 23.7 Å². The second-order valence-electron chi connectivity index (χ2n) is 10.5. The molecule has 1 N–H and O–H groups in total. The number of benzene rings is 2. The molecular formula is C30H25BrF2N2O4. The molecule has 2 fully saturated rings. The summed E-state index contributed by atoms with van der Waals surface area (Å²) in [5, 5.41) is 2.92. The van der Waals surface area contributed by atoms with Crippen LogP contribution in [-0.4, -0.2) is 29.3 Å². The van der Waals surface area contributed by atoms with Crippen molar-refractivity contribution >= 4 is 33.6 Å². The van der Waals surface area contributed by atoms with Crippen LogP contribution in [0.4, 0.5) is 8.78 Å². The number of Topliss-reactive ketones (excluding diaryl/α,β-unsaturated/α-hetero) is 1. The van der Waals surface area contributed by atoms with Crippen molar-refractivity contribution in [3.63, 3.8) is 0 Å². The lowest BCUT2D eigenvalue weighted by molar-refractivity contribution is -0.154. The molecule has 0 radical (unpaired) electrons. The van der Waals surface area contributed by atoms with E-state index in [-0.39, 0.29) is 34.4 Å². The number of carbonyl (C=O) groups excluding carboxylic acids is 3. The van der Waals surface area contributed by atoms with Crippen molar-refractivity contribution in [1.82, 2.24) is 10.3 Å². The largest absolute Gasteiger partial charge is 0.457 e. The van der Waals surface area contributed by atoms with Gasteiger partial charge in [0.25, 0.3) is 5.92 Å². The van der Waals surface area contributed by atoms with E-state index >= 15 is 8.78 Å². The number of hydrogen-bond acceptors (Lipinski definition) is 5. The number of aromatic nitrogens is 1. The molecule has 4 atom stereocenters. The standard InChI is InChI=1S/C30H25BrF2N2O4/c31-20-6-8-22-21-7-5-17(11-23(21)30(32,33)24(22)12-20)25(36)15-39-29(38)27-19-4-3-18(10-19)26(27)28(37)35-14-16-2-1-9-34-13-16/h1-2,5-9,11-13,18-19,26-27H,3-4,10,14-15H2,(H,35,37)/t18?,19?,26-,27-/m0/s1. The minimum Gasteiger partial charge on any atom is -0.457 e. The van der Waals surface area contributed by atoms with Crippen molar-refractivity contribution in [1.29, 1.82) is 0 Å². The molecule has 0 spiro atoms. The second kappa shape index (κ2) is 9.93. The molecule has 1 heterocycles. The molecule has 1 amide bonds. The van der Waals surface area contributed by atoms with Crippen molar-refractivity contribution in [3.05, 3.63) is 87.7 Å². The van der Waals surface area contributed by atoms with E-state index in [1.54, 1.807) is 30.6 Å². The topological polar surface area (TPSA) is 85.4 Å². The zero-order valence-corrected chi connectivity index (χ0v) is 22.4. The fourth-order valence-corrected chi connectivity index (χ4v) is 6.86. The summed E-state index contributed by atoms with van der Waals surface area (Å²) in [7, 11) is 0. The lowest BCUT2D eigenvalue weighted by Gasteiger charge is -2.28. The number of fused-ring (bicyclic) bond motifs is 5. The van der Waals surface area contributed by atoms with E-state index in [1.807, 2.05) is 6.07 Å². The number of alkyl halides is 2. The summed E-state index contributed by atoms with van der Waals surface area (Å²) in [4.78, 5) is 43.2. The molecule has 3 aliphatic carbocycles. The molecule has 6 nitrogen and oxygen atoms in total. The zero-order valence-electron chi connectivity index (χ0n) is 20.8. The highest BCUT2D eigenvalue weighted by atomic mass is 79.9. The maximum absolute atomic E-state index is 15.2. The van der Waals surface area contributed by atoms with Gasteiger partial charge < -0.3 is 10.1 Å². The van der Waals surface area contributed by atoms with Crippen LogP contribution in [0.2, 0.25) is 0 Å². The molecule has 9 heteroatoms. The number of rotatable bonds is 7. The van der Waals surface area contributed by atoms with Crippen molar-refractivity contribution < 1.29 is 27.9 Å². The van der Waals surface area contributed by atoms with E-state index in [1.165, 1.54) is 24.3 Å². The lowest BCUT2D eigenvalue weighted by Crippen LogP contribution is -2.42. The number of amides is 1. The van der Waals surface area contributed by atoms with E-state index in [9.17, 15) is 14.4 Å². The molecule has 0 aliphatic heterocycles. The molecule has 3 aliphatic rings. The lowest BCUT2D eigenvalue weighted by atomic mass is 9.78. The Balaban J connectivity index is 1.13. The number of ether oxygens (including phenoxy) is 1. The SMILES string of the molecule is O=C(COC(=O)[C@H]1C2CCC(C2)[C@@H]1C(=O)NCc1cccnc1)c1ccc2c(c1)C(F)(F)c1cc(Br)ccc1-2. The highest BCUT2D eigenvalue weighted by Gasteiger charge is 2.54. The third kappa shape index (κ3) is 4.56. The van der Waals surface area contributed by atoms with Gasteiger partial charge in [-0.15, -0.1) is 0 Å². The fraction of sp³-hybridized carbons (Fsp3) is 0.333. The Morgan fingerprint density at radius 2 is 1.72 bits per heavy atom. The molecule has 1 aromatic heterocycles. The summed E-state index contributed by atoms with van der Waals surface area (Å²) in [6, 6.07) is 12.5. The molecule has 39 heavy (non-hydrogen) atoms. The van der Waals surface area contributed by atoms with Crippen LogP contribution in [0.5, 0.6) is 0 Å². The van der Waals surface area contributed by atoms with E-state index in [4.69, 9.17) is 4.74 Å². The van der Waals surface area contributed by atoms with Gasteiger partial charge in [-0.05, 0) is 72.1 Å². The van der Waals surface area contributed by atoms with Crippen molar-refractivity contribution in [2.45, 2.75) is 31.7 Å². The van der Waals surface area contributed by atoms with Gasteiger partial charge in [0, 0.05) is 40.1 Å². The molecule has 2 unspecified atom stereocenters. The van der Waals surface area contributed by atoms with Gasteiger partial charge in [0.05, 0.1) is 11.8 Å². The molecule has 3 aromatic rings. The van der Waals surface area contributed by atoms with Crippen LogP contribution in [0, 0.1) is 23.7 Å². The van der Waals surface area contributed by atoms with Gasteiger partial charge in [-0.2, -0.15) is 8.78 Å². The van der Waals surface area contributed by atoms with Crippen LogP contribution in [0.25, 0.3) is 11.1 Å². The third-order valence-electron chi connectivity index (χ3n) is 8.32. The number of esters is 1. The maximum atomic E-state index is 15.2. The summed E-state index contributed by atoms with van der Waals surface area (Å²) in [6.45, 7) is -0.260. The summed E-state index contributed by atoms with van der Waals surface area (Å²) in [6.07, 6.45) is 5.81. The van der Waals surface area contributed by atoms with Crippen LogP contribution < -0.4 is 5.32 Å². The molecule has 6 rings (SSSR count). The van der Waals surface area contributed by atoms with Crippen LogP contribution in [0.1, 0.15) is 46.3 Å². The normalized spacial score (nSPS) is 23.7. The smallest absolute Gasteiger partial charge is 0.310 e. The number of ketones is 1. The quantitative estimate of drug-likeness (QED) is 0.281. The second-order valence-corrected chi connectivity index (χ2v) is 11.4. The first-order valence-corrected chi connectivity index (χ1v) is 13.7. The number of nitrogens with zero attached hydrogens (tertiary/aromatic N) is 1. The maximum Gasteiger partial charge on any atom is 0.310 e. The Labute approximate surface area is 232 Å². The van der Waals surface area contributed by atoms with Crippen molar-refractivity contribution in [3.8, 4) is 11.1 Å². The van der Waals surface area contributed by atoms with Crippen LogP contribution in [-0.2, 0) is 26.8 Å². The van der Waals surface area contributed by atoms with E-state index in [2.05, 4.69) is 26.2 Å². The monoisotopic (exact) mass is 594 g/mol. The number of nitrogens with one attached hydrogen (secondary N) is 1. The average Bonchev–Trinajstić information content (AvgIpc) is 3.62. The number of hydrogen-bond donors (Lipinski definition) is 1. The summed E-state index contributed by atoms with van der Waals surface area (Å²) in [5.41, 5.74) is 1.34. The van der Waals surface area contributed by atoms with E-state index < -0.39 is 36.1 Å². The van der Waals surface area contributed by atoms with Crippen LogP contribution in [0.15, 0.2) is 65.4 Å². The van der Waals surface area contributed by atoms with Crippen molar-refractivity contribution in [2.75, 3.05) is 6.61 Å². The number of halogens is 3. The van der Waals surface area contributed by atoms with Crippen LogP contribution >= 0.6 is 15.9 Å². The van der Waals surface area contributed by atoms with E-state index in [0.29, 0.717) is 22.1 Å². The number of carbonyl (C=O) groups is 3. The van der Waals surface area contributed by atoms with Gasteiger partial charge in [-0.3, -0.25) is 19.4 Å². The minimum absolute atomic E-state index is 0.0308. The van der Waals surface area contributed by atoms with Gasteiger partial charge in [0.2, 0.25) is 5.91 Å².